The van der Waals surface area contributed by atoms with Gasteiger partial charge in [-0.1, -0.05) is 33.2 Å². The first-order chi connectivity index (χ1) is 6.84. The van der Waals surface area contributed by atoms with Crippen molar-refractivity contribution in [2.75, 3.05) is 0 Å². The number of hydrogen-bond acceptors (Lipinski definition) is 3. The third-order valence-corrected chi connectivity index (χ3v) is 2.26. The van der Waals surface area contributed by atoms with Crippen LogP contribution in [-0.2, 0) is 6.61 Å². The SMILES string of the molecule is Brc1ccc(COc2cnoc2)cc1. The van der Waals surface area contributed by atoms with Gasteiger partial charge in [-0.3, -0.25) is 0 Å². The predicted molar refractivity (Wildman–Crippen MR) is 55.0 cm³/mol. The summed E-state index contributed by atoms with van der Waals surface area (Å²) in [5, 5.41) is 3.54. The van der Waals surface area contributed by atoms with Gasteiger partial charge >= 0.3 is 0 Å². The first-order valence-corrected chi connectivity index (χ1v) is 4.90. The molecule has 0 aliphatic carbocycles. The van der Waals surface area contributed by atoms with E-state index in [9.17, 15) is 0 Å². The Bertz CT molecular complexity index is 383. The summed E-state index contributed by atoms with van der Waals surface area (Å²) in [6.45, 7) is 0.522. The second-order valence-corrected chi connectivity index (χ2v) is 3.69. The Hall–Kier alpha value is -1.29. The third-order valence-electron chi connectivity index (χ3n) is 1.73. The zero-order chi connectivity index (χ0) is 9.80. The van der Waals surface area contributed by atoms with Crippen LogP contribution >= 0.6 is 15.9 Å². The number of hydrogen-bond donors (Lipinski definition) is 0. The standard InChI is InChI=1S/C10H8BrNO2/c11-9-3-1-8(2-4-9)6-13-10-5-12-14-7-10/h1-5,7H,6H2. The van der Waals surface area contributed by atoms with Crippen LogP contribution in [0.1, 0.15) is 5.56 Å². The van der Waals surface area contributed by atoms with E-state index < -0.39 is 0 Å². The van der Waals surface area contributed by atoms with Crippen molar-refractivity contribution in [1.29, 1.82) is 0 Å². The van der Waals surface area contributed by atoms with Crippen LogP contribution in [0.5, 0.6) is 5.75 Å². The van der Waals surface area contributed by atoms with Gasteiger partial charge in [0.25, 0.3) is 0 Å². The average Bonchev–Trinajstić information content (AvgIpc) is 2.70. The van der Waals surface area contributed by atoms with E-state index in [1.54, 1.807) is 6.20 Å². The van der Waals surface area contributed by atoms with Crippen LogP contribution < -0.4 is 4.74 Å². The van der Waals surface area contributed by atoms with Crippen LogP contribution in [0.2, 0.25) is 0 Å². The Morgan fingerprint density at radius 2 is 2.07 bits per heavy atom. The molecule has 1 heterocycles. The highest BCUT2D eigenvalue weighted by Gasteiger charge is 1.97. The van der Waals surface area contributed by atoms with Crippen LogP contribution in [0.15, 0.2) is 45.7 Å². The second kappa shape index (κ2) is 4.28. The molecular weight excluding hydrogens is 246 g/mol. The summed E-state index contributed by atoms with van der Waals surface area (Å²) in [4.78, 5) is 0. The molecule has 3 nitrogen and oxygen atoms in total. The van der Waals surface area contributed by atoms with Gasteiger partial charge in [0.1, 0.15) is 12.8 Å². The van der Waals surface area contributed by atoms with E-state index in [0.29, 0.717) is 12.4 Å². The van der Waals surface area contributed by atoms with Crippen molar-refractivity contribution < 1.29 is 9.26 Å². The molecule has 4 heteroatoms. The monoisotopic (exact) mass is 253 g/mol. The highest BCUT2D eigenvalue weighted by Crippen LogP contribution is 2.13. The molecule has 0 aliphatic rings. The number of ether oxygens (including phenoxy) is 1. The zero-order valence-electron chi connectivity index (χ0n) is 7.31. The fraction of sp³-hybridized carbons (Fsp3) is 0.100. The van der Waals surface area contributed by atoms with Gasteiger partial charge in [0.15, 0.2) is 12.0 Å². The lowest BCUT2D eigenvalue weighted by atomic mass is 10.2. The van der Waals surface area contributed by atoms with Gasteiger partial charge in [-0.2, -0.15) is 0 Å². The van der Waals surface area contributed by atoms with Gasteiger partial charge in [0, 0.05) is 4.47 Å². The molecule has 0 saturated heterocycles. The molecule has 2 aromatic rings. The quantitative estimate of drug-likeness (QED) is 0.844. The van der Waals surface area contributed by atoms with Gasteiger partial charge in [0.05, 0.1) is 0 Å². The Kier molecular flexibility index (Phi) is 2.84. The van der Waals surface area contributed by atoms with Crippen LogP contribution in [0.3, 0.4) is 0 Å². The first-order valence-electron chi connectivity index (χ1n) is 4.11. The summed E-state index contributed by atoms with van der Waals surface area (Å²) in [7, 11) is 0. The normalized spacial score (nSPS) is 10.1. The topological polar surface area (TPSA) is 35.3 Å². The van der Waals surface area contributed by atoms with Crippen molar-refractivity contribution in [3.05, 3.63) is 46.8 Å². The molecule has 14 heavy (non-hydrogen) atoms. The molecule has 0 atom stereocenters. The van der Waals surface area contributed by atoms with Crippen LogP contribution in [0, 0.1) is 0 Å². The van der Waals surface area contributed by atoms with Gasteiger partial charge in [-0.25, -0.2) is 0 Å². The van der Waals surface area contributed by atoms with Crippen molar-refractivity contribution >= 4 is 15.9 Å². The molecule has 0 radical (unpaired) electrons. The van der Waals surface area contributed by atoms with Gasteiger partial charge in [-0.05, 0) is 17.7 Å². The van der Waals surface area contributed by atoms with Gasteiger partial charge in [-0.15, -0.1) is 0 Å². The molecule has 1 aromatic carbocycles. The summed E-state index contributed by atoms with van der Waals surface area (Å²) in [5.41, 5.74) is 1.11. The molecule has 0 spiro atoms. The van der Waals surface area contributed by atoms with Crippen LogP contribution in [0.4, 0.5) is 0 Å². The maximum absolute atomic E-state index is 5.40. The number of benzene rings is 1. The van der Waals surface area contributed by atoms with Crippen molar-refractivity contribution in [1.82, 2.24) is 5.16 Å². The Morgan fingerprint density at radius 1 is 1.29 bits per heavy atom. The highest BCUT2D eigenvalue weighted by molar-refractivity contribution is 9.10. The van der Waals surface area contributed by atoms with E-state index >= 15 is 0 Å². The van der Waals surface area contributed by atoms with Gasteiger partial charge in [0.2, 0.25) is 0 Å². The smallest absolute Gasteiger partial charge is 0.179 e. The Labute approximate surface area is 89.8 Å². The minimum Gasteiger partial charge on any atom is -0.484 e. The maximum atomic E-state index is 5.40. The van der Waals surface area contributed by atoms with E-state index in [2.05, 4.69) is 25.6 Å². The van der Waals surface area contributed by atoms with Crippen molar-refractivity contribution in [3.8, 4) is 5.75 Å². The van der Waals surface area contributed by atoms with Crippen molar-refractivity contribution in [2.45, 2.75) is 6.61 Å². The molecule has 0 fully saturated rings. The molecule has 0 aliphatic heterocycles. The summed E-state index contributed by atoms with van der Waals surface area (Å²) in [5.74, 6) is 0.646. The largest absolute Gasteiger partial charge is 0.484 e. The third kappa shape index (κ3) is 2.35. The van der Waals surface area contributed by atoms with Crippen LogP contribution in [-0.4, -0.2) is 5.16 Å². The fourth-order valence-electron chi connectivity index (χ4n) is 1.01. The Balaban J connectivity index is 1.95. The summed E-state index contributed by atoms with van der Waals surface area (Å²) in [6.07, 6.45) is 3.01. The predicted octanol–water partition coefficient (Wildman–Crippen LogP) is 3.02. The number of halogens is 1. The Morgan fingerprint density at radius 3 is 2.71 bits per heavy atom. The molecule has 0 saturated carbocycles. The molecule has 0 amide bonds. The van der Waals surface area contributed by atoms with E-state index in [-0.39, 0.29) is 0 Å². The van der Waals surface area contributed by atoms with Crippen molar-refractivity contribution in [3.63, 3.8) is 0 Å². The van der Waals surface area contributed by atoms with E-state index in [0.717, 1.165) is 10.0 Å². The van der Waals surface area contributed by atoms with Crippen LogP contribution in [0.25, 0.3) is 0 Å². The zero-order valence-corrected chi connectivity index (χ0v) is 8.90. The second-order valence-electron chi connectivity index (χ2n) is 2.78. The van der Waals surface area contributed by atoms with E-state index in [1.807, 2.05) is 24.3 Å². The first kappa shape index (κ1) is 9.27. The summed E-state index contributed by atoms with van der Waals surface area (Å²) < 4.78 is 11.1. The maximum Gasteiger partial charge on any atom is 0.179 e. The molecule has 0 N–H and O–H groups in total. The number of rotatable bonds is 3. The molecule has 0 unspecified atom stereocenters. The lowest BCUT2D eigenvalue weighted by Crippen LogP contribution is -1.93. The lowest BCUT2D eigenvalue weighted by molar-refractivity contribution is 0.301. The van der Waals surface area contributed by atoms with Gasteiger partial charge < -0.3 is 9.26 Å². The minimum atomic E-state index is 0.522. The van der Waals surface area contributed by atoms with E-state index in [4.69, 9.17) is 4.74 Å². The average molecular weight is 254 g/mol. The highest BCUT2D eigenvalue weighted by atomic mass is 79.9. The van der Waals surface area contributed by atoms with Crippen molar-refractivity contribution in [2.24, 2.45) is 0 Å². The lowest BCUT2D eigenvalue weighted by Gasteiger charge is -2.02. The summed E-state index contributed by atoms with van der Waals surface area (Å²) in [6, 6.07) is 7.95. The number of aromatic nitrogens is 1. The molecular formula is C10H8BrNO2. The fourth-order valence-corrected chi connectivity index (χ4v) is 1.28. The van der Waals surface area contributed by atoms with E-state index in [1.165, 1.54) is 6.26 Å². The summed E-state index contributed by atoms with van der Waals surface area (Å²) >= 11 is 3.37. The molecule has 2 rings (SSSR count). The number of nitrogens with zero attached hydrogens (tertiary/aromatic N) is 1. The molecule has 72 valence electrons. The molecule has 1 aromatic heterocycles. The molecule has 0 bridgehead atoms. The minimum absolute atomic E-state index is 0.522.